The molecule has 2 aliphatic carbocycles. The summed E-state index contributed by atoms with van der Waals surface area (Å²) in [5, 5.41) is 28.9. The molecule has 2 aromatic carbocycles. The molecule has 280 valence electrons. The first kappa shape index (κ1) is 37.5. The summed E-state index contributed by atoms with van der Waals surface area (Å²) >= 11 is 0. The average molecular weight is 707 g/mol. The van der Waals surface area contributed by atoms with Crippen LogP contribution in [0.25, 0.3) is 0 Å². The van der Waals surface area contributed by atoms with Gasteiger partial charge in [-0.25, -0.2) is 4.79 Å². The fourth-order valence-electron chi connectivity index (χ4n) is 8.16. The predicted molar refractivity (Wildman–Crippen MR) is 195 cm³/mol. The van der Waals surface area contributed by atoms with Gasteiger partial charge in [-0.1, -0.05) is 68.5 Å². The SMILES string of the molecule is CN1CCN(CCOc2ccc(CC(CC(O)C(CC3CCCCC3)NC(=O)OC3CCOC3)C(=O)N[C@H]3c4ccccc4C[C@@H]3O)cc2)CC1. The van der Waals surface area contributed by atoms with E-state index in [2.05, 4.69) is 27.5 Å². The van der Waals surface area contributed by atoms with Gasteiger partial charge in [0, 0.05) is 51.5 Å². The minimum absolute atomic E-state index is 0.143. The third kappa shape index (κ3) is 10.9. The van der Waals surface area contributed by atoms with Crippen LogP contribution >= 0.6 is 0 Å². The van der Waals surface area contributed by atoms with Crippen molar-refractivity contribution >= 4 is 12.0 Å². The number of hydrogen-bond donors (Lipinski definition) is 4. The number of likely N-dealkylation sites (N-methyl/N-ethyl adjacent to an activating group) is 1. The normalized spacial score (nSPS) is 24.7. The van der Waals surface area contributed by atoms with E-state index in [4.69, 9.17) is 14.2 Å². The van der Waals surface area contributed by atoms with E-state index in [0.717, 1.165) is 80.8 Å². The minimum atomic E-state index is -0.979. The molecular weight excluding hydrogens is 648 g/mol. The fraction of sp³-hybridized carbons (Fsp3) is 0.650. The summed E-state index contributed by atoms with van der Waals surface area (Å²) in [7, 11) is 2.15. The number of carbonyl (C=O) groups excluding carboxylic acids is 2. The maximum atomic E-state index is 14.1. The second-order valence-corrected chi connectivity index (χ2v) is 15.2. The Morgan fingerprint density at radius 3 is 2.51 bits per heavy atom. The van der Waals surface area contributed by atoms with E-state index in [9.17, 15) is 19.8 Å². The number of aliphatic hydroxyl groups excluding tert-OH is 2. The van der Waals surface area contributed by atoms with Crippen molar-refractivity contribution in [2.45, 2.75) is 94.6 Å². The molecule has 0 radical (unpaired) electrons. The minimum Gasteiger partial charge on any atom is -0.492 e. The number of fused-ring (bicyclic) bond motifs is 1. The molecule has 0 aromatic heterocycles. The number of ether oxygens (including phenoxy) is 3. The summed E-state index contributed by atoms with van der Waals surface area (Å²) in [6.07, 6.45) is 5.34. The maximum absolute atomic E-state index is 14.1. The number of benzene rings is 2. The molecule has 2 aliphatic heterocycles. The number of nitrogens with one attached hydrogen (secondary N) is 2. The molecule has 3 fully saturated rings. The topological polar surface area (TPSA) is 133 Å². The highest BCUT2D eigenvalue weighted by atomic mass is 16.6. The van der Waals surface area contributed by atoms with E-state index < -0.39 is 36.3 Å². The van der Waals surface area contributed by atoms with Gasteiger partial charge in [-0.15, -0.1) is 0 Å². The third-order valence-corrected chi connectivity index (χ3v) is 11.3. The number of nitrogens with zero attached hydrogens (tertiary/aromatic N) is 2. The number of alkyl carbamates (subject to hydrolysis) is 1. The van der Waals surface area contributed by atoms with Crippen molar-refractivity contribution in [3.63, 3.8) is 0 Å². The van der Waals surface area contributed by atoms with Crippen LogP contribution < -0.4 is 15.4 Å². The first-order chi connectivity index (χ1) is 24.8. The Kier molecular flexibility index (Phi) is 13.6. The molecule has 4 aliphatic rings. The number of carbonyl (C=O) groups is 2. The Hall–Kier alpha value is -3.22. The highest BCUT2D eigenvalue weighted by molar-refractivity contribution is 5.80. The van der Waals surface area contributed by atoms with E-state index >= 15 is 0 Å². The molecule has 2 heterocycles. The van der Waals surface area contributed by atoms with Crippen LogP contribution in [0.4, 0.5) is 4.79 Å². The Labute approximate surface area is 303 Å². The molecule has 2 aromatic rings. The van der Waals surface area contributed by atoms with Crippen LogP contribution in [-0.2, 0) is 27.1 Å². The number of aliphatic hydroxyl groups is 2. The monoisotopic (exact) mass is 706 g/mol. The molecule has 4 N–H and O–H groups in total. The molecule has 11 nitrogen and oxygen atoms in total. The first-order valence-corrected chi connectivity index (χ1v) is 19.2. The molecule has 11 heteroatoms. The molecule has 0 bridgehead atoms. The van der Waals surface area contributed by atoms with E-state index in [1.165, 1.54) is 6.42 Å². The summed E-state index contributed by atoms with van der Waals surface area (Å²) in [6.45, 7) is 6.66. The fourth-order valence-corrected chi connectivity index (χ4v) is 8.16. The van der Waals surface area contributed by atoms with Gasteiger partial charge in [-0.3, -0.25) is 9.69 Å². The second kappa shape index (κ2) is 18.5. The van der Waals surface area contributed by atoms with Crippen molar-refractivity contribution in [2.75, 3.05) is 59.6 Å². The van der Waals surface area contributed by atoms with Crippen LogP contribution in [0.1, 0.15) is 74.1 Å². The van der Waals surface area contributed by atoms with Gasteiger partial charge in [0.2, 0.25) is 5.91 Å². The van der Waals surface area contributed by atoms with Crippen LogP contribution in [-0.4, -0.2) is 116 Å². The number of amides is 2. The average Bonchev–Trinajstić information content (AvgIpc) is 3.76. The van der Waals surface area contributed by atoms with E-state index in [-0.39, 0.29) is 18.4 Å². The van der Waals surface area contributed by atoms with Crippen molar-refractivity contribution < 1.29 is 34.0 Å². The lowest BCUT2D eigenvalue weighted by atomic mass is 9.82. The van der Waals surface area contributed by atoms with Crippen molar-refractivity contribution in [1.82, 2.24) is 20.4 Å². The van der Waals surface area contributed by atoms with Crippen molar-refractivity contribution in [3.8, 4) is 5.75 Å². The smallest absolute Gasteiger partial charge is 0.407 e. The summed E-state index contributed by atoms with van der Waals surface area (Å²) in [4.78, 5) is 31.9. The maximum Gasteiger partial charge on any atom is 0.407 e. The summed E-state index contributed by atoms with van der Waals surface area (Å²) in [6, 6.07) is 14.6. The highest BCUT2D eigenvalue weighted by Crippen LogP contribution is 2.33. The van der Waals surface area contributed by atoms with Gasteiger partial charge in [-0.2, -0.15) is 0 Å². The van der Waals surface area contributed by atoms with Gasteiger partial charge < -0.3 is 40.0 Å². The molecule has 2 amide bonds. The van der Waals surface area contributed by atoms with Gasteiger partial charge >= 0.3 is 6.09 Å². The molecular formula is C40H58N4O7. The molecule has 6 rings (SSSR count). The quantitative estimate of drug-likeness (QED) is 0.218. The molecule has 2 saturated heterocycles. The number of piperazine rings is 1. The largest absolute Gasteiger partial charge is 0.492 e. The zero-order valence-corrected chi connectivity index (χ0v) is 30.2. The van der Waals surface area contributed by atoms with Gasteiger partial charge in [0.15, 0.2) is 0 Å². The van der Waals surface area contributed by atoms with Gasteiger partial charge in [-0.05, 0) is 61.1 Å². The van der Waals surface area contributed by atoms with E-state index in [0.29, 0.717) is 51.4 Å². The predicted octanol–water partition coefficient (Wildman–Crippen LogP) is 3.85. The zero-order chi connectivity index (χ0) is 35.6. The summed E-state index contributed by atoms with van der Waals surface area (Å²) < 4.78 is 17.1. The standard InChI is InChI=1S/C40H58N4O7/c1-43-16-18-44(19-17-43)20-22-50-32-13-11-29(12-14-32)23-31(39(47)42-38-34-10-6-5-9-30(34)25-37(38)46)26-36(45)35(24-28-7-3-2-4-8-28)41-40(48)51-33-15-21-49-27-33/h5-6,9-14,28,31,33,35-38,45-46H,2-4,7-8,15-27H2,1H3,(H,41,48)(H,42,47)/t31?,33?,35?,36?,37-,38-/m0/s1. The van der Waals surface area contributed by atoms with Crippen LogP contribution in [0.15, 0.2) is 48.5 Å². The Balaban J connectivity index is 1.13. The van der Waals surface area contributed by atoms with Crippen LogP contribution in [0.3, 0.4) is 0 Å². The molecule has 0 spiro atoms. The summed E-state index contributed by atoms with van der Waals surface area (Å²) in [5.74, 6) is 0.320. The van der Waals surface area contributed by atoms with Crippen LogP contribution in [0.2, 0.25) is 0 Å². The highest BCUT2D eigenvalue weighted by Gasteiger charge is 2.36. The Bertz CT molecular complexity index is 1390. The first-order valence-electron chi connectivity index (χ1n) is 19.2. The number of rotatable bonds is 15. The second-order valence-electron chi connectivity index (χ2n) is 15.2. The van der Waals surface area contributed by atoms with Gasteiger partial charge in [0.05, 0.1) is 37.5 Å². The zero-order valence-electron chi connectivity index (χ0n) is 30.2. The van der Waals surface area contributed by atoms with Gasteiger partial charge in [0.25, 0.3) is 0 Å². The van der Waals surface area contributed by atoms with Crippen LogP contribution in [0.5, 0.6) is 5.75 Å². The van der Waals surface area contributed by atoms with E-state index in [1.807, 2.05) is 48.5 Å². The number of hydrogen-bond acceptors (Lipinski definition) is 9. The Morgan fingerprint density at radius 1 is 1.00 bits per heavy atom. The molecule has 4 unspecified atom stereocenters. The summed E-state index contributed by atoms with van der Waals surface area (Å²) in [5.41, 5.74) is 2.89. The molecule has 51 heavy (non-hydrogen) atoms. The Morgan fingerprint density at radius 2 is 1.76 bits per heavy atom. The van der Waals surface area contributed by atoms with Crippen LogP contribution in [0, 0.1) is 11.8 Å². The van der Waals surface area contributed by atoms with Gasteiger partial charge in [0.1, 0.15) is 18.5 Å². The van der Waals surface area contributed by atoms with Crippen molar-refractivity contribution in [1.29, 1.82) is 0 Å². The molecule has 6 atom stereocenters. The van der Waals surface area contributed by atoms with Crippen molar-refractivity contribution in [3.05, 3.63) is 65.2 Å². The third-order valence-electron chi connectivity index (χ3n) is 11.3. The lowest BCUT2D eigenvalue weighted by molar-refractivity contribution is -0.127. The molecule has 1 saturated carbocycles. The lowest BCUT2D eigenvalue weighted by Gasteiger charge is -2.32. The van der Waals surface area contributed by atoms with E-state index in [1.54, 1.807) is 0 Å². The van der Waals surface area contributed by atoms with Crippen molar-refractivity contribution in [2.24, 2.45) is 11.8 Å². The lowest BCUT2D eigenvalue weighted by Crippen LogP contribution is -2.48.